The van der Waals surface area contributed by atoms with Gasteiger partial charge in [0.05, 0.1) is 24.9 Å². The zero-order valence-corrected chi connectivity index (χ0v) is 16.0. The normalized spacial score (nSPS) is 16.4. The van der Waals surface area contributed by atoms with Crippen molar-refractivity contribution in [3.05, 3.63) is 29.6 Å². The first-order valence-corrected chi connectivity index (χ1v) is 9.68. The molecular weight excluding hydrogens is 328 g/mol. The van der Waals surface area contributed by atoms with E-state index in [1.807, 2.05) is 17.0 Å². The Labute approximate surface area is 156 Å². The Morgan fingerprint density at radius 1 is 1.38 bits per heavy atom. The minimum atomic E-state index is -0.165. The van der Waals surface area contributed by atoms with E-state index in [0.717, 1.165) is 43.6 Å². The number of rotatable bonds is 9. The van der Waals surface area contributed by atoms with Crippen LogP contribution in [0, 0.1) is 5.92 Å². The van der Waals surface area contributed by atoms with Crippen LogP contribution in [0.3, 0.4) is 0 Å². The number of piperidine rings is 1. The molecule has 1 saturated heterocycles. The molecule has 0 saturated carbocycles. The second-order valence-electron chi connectivity index (χ2n) is 7.29. The van der Waals surface area contributed by atoms with Crippen LogP contribution in [0.15, 0.2) is 23.3 Å². The largest absolute Gasteiger partial charge is 0.394 e. The van der Waals surface area contributed by atoms with Gasteiger partial charge in [-0.2, -0.15) is 0 Å². The van der Waals surface area contributed by atoms with Crippen LogP contribution in [0.4, 0.5) is 0 Å². The van der Waals surface area contributed by atoms with Crippen LogP contribution in [0.2, 0.25) is 0 Å². The van der Waals surface area contributed by atoms with Gasteiger partial charge >= 0.3 is 0 Å². The van der Waals surface area contributed by atoms with Crippen LogP contribution in [-0.4, -0.2) is 59.4 Å². The zero-order valence-electron chi connectivity index (χ0n) is 16.0. The predicted molar refractivity (Wildman–Crippen MR) is 104 cm³/mol. The van der Waals surface area contributed by atoms with Crippen molar-refractivity contribution in [2.45, 2.75) is 52.1 Å². The van der Waals surface area contributed by atoms with Gasteiger partial charge in [0.2, 0.25) is 5.91 Å². The molecule has 1 atom stereocenters. The molecule has 26 heavy (non-hydrogen) atoms. The van der Waals surface area contributed by atoms with Gasteiger partial charge in [0, 0.05) is 32.0 Å². The maximum Gasteiger partial charge on any atom is 0.239 e. The van der Waals surface area contributed by atoms with Crippen LogP contribution >= 0.6 is 0 Å². The highest BCUT2D eigenvalue weighted by molar-refractivity contribution is 5.82. The van der Waals surface area contributed by atoms with E-state index in [1.165, 1.54) is 6.42 Å². The number of aliphatic imine (C=N–C) groups is 1. The van der Waals surface area contributed by atoms with Gasteiger partial charge in [-0.3, -0.25) is 14.8 Å². The molecule has 0 bridgehead atoms. The van der Waals surface area contributed by atoms with E-state index in [4.69, 9.17) is 5.11 Å². The summed E-state index contributed by atoms with van der Waals surface area (Å²) >= 11 is 0. The smallest absolute Gasteiger partial charge is 0.239 e. The second kappa shape index (κ2) is 11.0. The molecule has 0 spiro atoms. The van der Waals surface area contributed by atoms with E-state index in [1.54, 1.807) is 12.4 Å². The van der Waals surface area contributed by atoms with Crippen molar-refractivity contribution >= 4 is 12.1 Å². The number of nitrogens with one attached hydrogen (secondary N) is 1. The number of carbonyl (C=O) groups is 1. The van der Waals surface area contributed by atoms with Crippen molar-refractivity contribution in [3.63, 3.8) is 0 Å². The van der Waals surface area contributed by atoms with Gasteiger partial charge < -0.3 is 15.3 Å². The van der Waals surface area contributed by atoms with E-state index >= 15 is 0 Å². The minimum absolute atomic E-state index is 0.0471. The van der Waals surface area contributed by atoms with Crippen LogP contribution in [-0.2, 0) is 11.3 Å². The van der Waals surface area contributed by atoms with Gasteiger partial charge in [0.1, 0.15) is 0 Å². The molecule has 6 nitrogen and oxygen atoms in total. The summed E-state index contributed by atoms with van der Waals surface area (Å²) in [7, 11) is 0. The van der Waals surface area contributed by atoms with Crippen molar-refractivity contribution in [1.29, 1.82) is 0 Å². The average Bonchev–Trinajstić information content (AvgIpc) is 2.65. The fourth-order valence-corrected chi connectivity index (χ4v) is 3.21. The highest BCUT2D eigenvalue weighted by atomic mass is 16.3. The summed E-state index contributed by atoms with van der Waals surface area (Å²) in [6.45, 7) is 7.05. The molecule has 0 radical (unpaired) electrons. The third kappa shape index (κ3) is 6.84. The van der Waals surface area contributed by atoms with Gasteiger partial charge in [-0.25, -0.2) is 0 Å². The van der Waals surface area contributed by atoms with E-state index < -0.39 is 0 Å². The third-order valence-corrected chi connectivity index (χ3v) is 4.51. The number of aliphatic hydroxyl groups is 1. The molecule has 1 aromatic heterocycles. The van der Waals surface area contributed by atoms with Crippen LogP contribution in [0.1, 0.15) is 50.8 Å². The fourth-order valence-electron chi connectivity index (χ4n) is 3.21. The number of hydrogen-bond donors (Lipinski definition) is 2. The first kappa shape index (κ1) is 20.5. The van der Waals surface area contributed by atoms with Crippen LogP contribution in [0.25, 0.3) is 0 Å². The lowest BCUT2D eigenvalue weighted by Crippen LogP contribution is -2.48. The van der Waals surface area contributed by atoms with E-state index in [2.05, 4.69) is 29.1 Å². The van der Waals surface area contributed by atoms with Crippen LogP contribution in [0.5, 0.6) is 0 Å². The molecule has 2 rings (SSSR count). The number of hydrogen-bond acceptors (Lipinski definition) is 5. The Balaban J connectivity index is 1.97. The van der Waals surface area contributed by atoms with Crippen molar-refractivity contribution in [2.75, 3.05) is 26.2 Å². The van der Waals surface area contributed by atoms with Crippen molar-refractivity contribution in [3.8, 4) is 0 Å². The van der Waals surface area contributed by atoms with Crippen molar-refractivity contribution < 1.29 is 9.90 Å². The summed E-state index contributed by atoms with van der Waals surface area (Å²) in [4.78, 5) is 23.4. The molecule has 6 heteroatoms. The molecule has 0 aromatic carbocycles. The average molecular weight is 361 g/mol. The summed E-state index contributed by atoms with van der Waals surface area (Å²) < 4.78 is 0. The Hall–Kier alpha value is -1.79. The van der Waals surface area contributed by atoms with Gasteiger partial charge in [0.25, 0.3) is 0 Å². The summed E-state index contributed by atoms with van der Waals surface area (Å²) in [5, 5.41) is 12.2. The number of aliphatic hydroxyl groups excluding tert-OH is 1. The minimum Gasteiger partial charge on any atom is -0.394 e. The molecule has 0 aliphatic carbocycles. The molecule has 1 aliphatic rings. The second-order valence-corrected chi connectivity index (χ2v) is 7.29. The number of likely N-dealkylation sites (tertiary alicyclic amines) is 1. The zero-order chi connectivity index (χ0) is 18.8. The van der Waals surface area contributed by atoms with Gasteiger partial charge in [0.15, 0.2) is 0 Å². The van der Waals surface area contributed by atoms with E-state index in [0.29, 0.717) is 19.0 Å². The molecular formula is C20H32N4O2. The van der Waals surface area contributed by atoms with E-state index in [-0.39, 0.29) is 18.6 Å². The quantitative estimate of drug-likeness (QED) is 0.661. The van der Waals surface area contributed by atoms with Crippen molar-refractivity contribution in [2.24, 2.45) is 10.9 Å². The SMILES string of the molecule is CC(C)C[C@H](NCc1cc(/C=N/CCO)ccn1)C(=O)N1CCCCC1. The Morgan fingerprint density at radius 2 is 2.15 bits per heavy atom. The lowest BCUT2D eigenvalue weighted by Gasteiger charge is -2.31. The summed E-state index contributed by atoms with van der Waals surface area (Å²) in [5.41, 5.74) is 1.84. The molecule has 1 fully saturated rings. The first-order valence-electron chi connectivity index (χ1n) is 9.68. The van der Waals surface area contributed by atoms with Gasteiger partial charge in [-0.1, -0.05) is 13.8 Å². The highest BCUT2D eigenvalue weighted by Gasteiger charge is 2.25. The first-order chi connectivity index (χ1) is 12.6. The molecule has 144 valence electrons. The van der Waals surface area contributed by atoms with Crippen LogP contribution < -0.4 is 5.32 Å². The number of pyridine rings is 1. The summed E-state index contributed by atoms with van der Waals surface area (Å²) in [6, 6.07) is 3.68. The fraction of sp³-hybridized carbons (Fsp3) is 0.650. The maximum absolute atomic E-state index is 12.9. The molecule has 1 amide bonds. The Bertz CT molecular complexity index is 583. The monoisotopic (exact) mass is 360 g/mol. The molecule has 1 aromatic rings. The van der Waals surface area contributed by atoms with Gasteiger partial charge in [-0.05, 0) is 49.3 Å². The standard InChI is InChI=1S/C20H32N4O2/c1-16(2)12-19(20(26)24-9-4-3-5-10-24)23-15-18-13-17(6-7-22-18)14-21-8-11-25/h6-7,13-14,16,19,23,25H,3-5,8-12,15H2,1-2H3/b21-14+/t19-/m0/s1. The predicted octanol–water partition coefficient (Wildman–Crippen LogP) is 2.01. The summed E-state index contributed by atoms with van der Waals surface area (Å²) in [5.74, 6) is 0.671. The van der Waals surface area contributed by atoms with Crippen molar-refractivity contribution in [1.82, 2.24) is 15.2 Å². The number of carbonyl (C=O) groups excluding carboxylic acids is 1. The van der Waals surface area contributed by atoms with Gasteiger partial charge in [-0.15, -0.1) is 0 Å². The molecule has 1 aliphatic heterocycles. The van der Waals surface area contributed by atoms with E-state index in [9.17, 15) is 4.79 Å². The number of aromatic nitrogens is 1. The Morgan fingerprint density at radius 3 is 2.85 bits per heavy atom. The third-order valence-electron chi connectivity index (χ3n) is 4.51. The number of nitrogens with zero attached hydrogens (tertiary/aromatic N) is 3. The Kier molecular flexibility index (Phi) is 8.71. The topological polar surface area (TPSA) is 77.8 Å². The lowest BCUT2D eigenvalue weighted by atomic mass is 10.0. The highest BCUT2D eigenvalue weighted by Crippen LogP contribution is 2.14. The number of amides is 1. The molecule has 2 N–H and O–H groups in total. The molecule has 2 heterocycles. The maximum atomic E-state index is 12.9. The summed E-state index contributed by atoms with van der Waals surface area (Å²) in [6.07, 6.45) is 7.76. The lowest BCUT2D eigenvalue weighted by molar-refractivity contribution is -0.134. The molecule has 0 unspecified atom stereocenters.